The molecule has 0 fully saturated rings. The van der Waals surface area contributed by atoms with Crippen molar-refractivity contribution in [2.24, 2.45) is 5.16 Å². The summed E-state index contributed by atoms with van der Waals surface area (Å²) in [5, 5.41) is 3.81. The van der Waals surface area contributed by atoms with E-state index in [-0.39, 0.29) is 18.1 Å². The van der Waals surface area contributed by atoms with Crippen molar-refractivity contribution in [1.82, 2.24) is 0 Å². The van der Waals surface area contributed by atoms with Gasteiger partial charge in [0.25, 0.3) is 6.71 Å². The van der Waals surface area contributed by atoms with Gasteiger partial charge in [-0.3, -0.25) is 4.79 Å². The number of carbonyl (C=O) groups excluding carboxylic acids is 2. The van der Waals surface area contributed by atoms with Gasteiger partial charge in [-0.2, -0.15) is 0 Å². The van der Waals surface area contributed by atoms with Crippen molar-refractivity contribution >= 4 is 35.0 Å². The third kappa shape index (κ3) is 2.75. The summed E-state index contributed by atoms with van der Waals surface area (Å²) in [5.74, 6) is -0.144. The SMILES string of the molecule is COc1ccc2c(c1)B(c1ccccc1)C(=NOC(C)=O)C2=O. The molecule has 23 heavy (non-hydrogen) atoms. The fourth-order valence-corrected chi connectivity index (χ4v) is 2.72. The van der Waals surface area contributed by atoms with Gasteiger partial charge in [-0.1, -0.05) is 46.4 Å². The zero-order chi connectivity index (χ0) is 16.4. The lowest BCUT2D eigenvalue weighted by Gasteiger charge is -2.09. The minimum Gasteiger partial charge on any atom is -0.497 e. The second-order valence-corrected chi connectivity index (χ2v) is 5.19. The van der Waals surface area contributed by atoms with Gasteiger partial charge < -0.3 is 9.57 Å². The maximum Gasteiger partial charge on any atom is 0.331 e. The van der Waals surface area contributed by atoms with E-state index < -0.39 is 5.97 Å². The van der Waals surface area contributed by atoms with Gasteiger partial charge in [0.15, 0.2) is 0 Å². The first-order valence-electron chi connectivity index (χ1n) is 7.15. The highest BCUT2D eigenvalue weighted by Crippen LogP contribution is 2.18. The molecule has 0 saturated heterocycles. The van der Waals surface area contributed by atoms with E-state index in [2.05, 4.69) is 5.16 Å². The predicted molar refractivity (Wildman–Crippen MR) is 88.0 cm³/mol. The Morgan fingerprint density at radius 2 is 1.87 bits per heavy atom. The van der Waals surface area contributed by atoms with Crippen LogP contribution in [-0.2, 0) is 9.63 Å². The van der Waals surface area contributed by atoms with E-state index in [4.69, 9.17) is 9.57 Å². The quantitative estimate of drug-likeness (QED) is 0.481. The molecule has 0 saturated carbocycles. The molecule has 0 aliphatic carbocycles. The van der Waals surface area contributed by atoms with Crippen LogP contribution in [0, 0.1) is 0 Å². The third-order valence-electron chi connectivity index (χ3n) is 3.73. The van der Waals surface area contributed by atoms with Crippen molar-refractivity contribution in [3.8, 4) is 5.75 Å². The highest BCUT2D eigenvalue weighted by atomic mass is 16.7. The molecule has 0 atom stereocenters. The maximum absolute atomic E-state index is 12.6. The van der Waals surface area contributed by atoms with E-state index in [0.29, 0.717) is 11.3 Å². The molecule has 114 valence electrons. The van der Waals surface area contributed by atoms with E-state index in [1.165, 1.54) is 6.92 Å². The summed E-state index contributed by atoms with van der Waals surface area (Å²) >= 11 is 0. The summed E-state index contributed by atoms with van der Waals surface area (Å²) < 4.78 is 5.26. The molecule has 3 rings (SSSR count). The Morgan fingerprint density at radius 1 is 1.13 bits per heavy atom. The molecule has 1 aliphatic rings. The van der Waals surface area contributed by atoms with Crippen LogP contribution >= 0.6 is 0 Å². The van der Waals surface area contributed by atoms with Crippen LogP contribution in [0.15, 0.2) is 53.7 Å². The van der Waals surface area contributed by atoms with Crippen LogP contribution in [-0.4, -0.2) is 31.2 Å². The Balaban J connectivity index is 2.16. The highest BCUT2D eigenvalue weighted by molar-refractivity contribution is 7.20. The summed E-state index contributed by atoms with van der Waals surface area (Å²) in [6.07, 6.45) is 0. The van der Waals surface area contributed by atoms with Gasteiger partial charge in [-0.05, 0) is 18.2 Å². The Morgan fingerprint density at radius 3 is 2.52 bits per heavy atom. The van der Waals surface area contributed by atoms with Gasteiger partial charge in [0.2, 0.25) is 5.78 Å². The zero-order valence-corrected chi connectivity index (χ0v) is 12.8. The lowest BCUT2D eigenvalue weighted by Crippen LogP contribution is -2.46. The Kier molecular flexibility index (Phi) is 3.97. The Labute approximate surface area is 134 Å². The number of benzene rings is 2. The second-order valence-electron chi connectivity index (χ2n) is 5.19. The van der Waals surface area contributed by atoms with Crippen LogP contribution in [0.4, 0.5) is 0 Å². The van der Waals surface area contributed by atoms with Gasteiger partial charge in [-0.15, -0.1) is 0 Å². The van der Waals surface area contributed by atoms with Crippen molar-refractivity contribution in [2.75, 3.05) is 7.11 Å². The number of fused-ring (bicyclic) bond motifs is 1. The standard InChI is InChI=1S/C17H14BNO4/c1-11(20)23-19-17-16(21)14-9-8-13(22-2)10-15(14)18(17)12-6-4-3-5-7-12/h3-10H,1-2H3. The van der Waals surface area contributed by atoms with Crippen LogP contribution in [0.25, 0.3) is 0 Å². The molecular weight excluding hydrogens is 293 g/mol. The van der Waals surface area contributed by atoms with Crippen molar-refractivity contribution in [2.45, 2.75) is 6.92 Å². The van der Waals surface area contributed by atoms with Crippen molar-refractivity contribution in [1.29, 1.82) is 0 Å². The number of hydrogen-bond donors (Lipinski definition) is 0. The molecule has 0 N–H and O–H groups in total. The number of ketones is 1. The zero-order valence-electron chi connectivity index (χ0n) is 12.8. The molecule has 5 nitrogen and oxygen atoms in total. The minimum absolute atomic E-state index is 0.203. The summed E-state index contributed by atoms with van der Waals surface area (Å²) in [6, 6.07) is 14.8. The summed E-state index contributed by atoms with van der Waals surface area (Å²) in [5.41, 5.74) is 2.45. The molecule has 1 heterocycles. The van der Waals surface area contributed by atoms with E-state index in [1.54, 1.807) is 19.2 Å². The van der Waals surface area contributed by atoms with Crippen molar-refractivity contribution in [3.05, 3.63) is 54.1 Å². The molecule has 6 heteroatoms. The summed E-state index contributed by atoms with van der Waals surface area (Å²) in [4.78, 5) is 28.4. The molecular formula is C17H14BNO4. The average molecular weight is 307 g/mol. The summed E-state index contributed by atoms with van der Waals surface area (Å²) in [7, 11) is 1.57. The molecule has 0 spiro atoms. The third-order valence-corrected chi connectivity index (χ3v) is 3.73. The number of hydrogen-bond acceptors (Lipinski definition) is 5. The normalized spacial score (nSPS) is 14.8. The molecule has 2 aromatic carbocycles. The second kappa shape index (κ2) is 6.08. The molecule has 2 aromatic rings. The number of oxime groups is 1. The first-order valence-corrected chi connectivity index (χ1v) is 7.15. The molecule has 0 aromatic heterocycles. The van der Waals surface area contributed by atoms with Gasteiger partial charge in [-0.25, -0.2) is 4.79 Å². The van der Waals surface area contributed by atoms with Gasteiger partial charge in [0.05, 0.1) is 7.11 Å². The largest absolute Gasteiger partial charge is 0.497 e. The first-order chi connectivity index (χ1) is 11.1. The molecule has 0 bridgehead atoms. The topological polar surface area (TPSA) is 65.0 Å². The monoisotopic (exact) mass is 307 g/mol. The average Bonchev–Trinajstić information content (AvgIpc) is 2.85. The van der Waals surface area contributed by atoms with Gasteiger partial charge >= 0.3 is 5.97 Å². The number of nitrogens with zero attached hydrogens (tertiary/aromatic N) is 1. The van der Waals surface area contributed by atoms with Crippen molar-refractivity contribution in [3.63, 3.8) is 0 Å². The van der Waals surface area contributed by atoms with Crippen LogP contribution in [0.5, 0.6) is 5.75 Å². The smallest absolute Gasteiger partial charge is 0.331 e. The van der Waals surface area contributed by atoms with Crippen molar-refractivity contribution < 1.29 is 19.2 Å². The Hall–Kier alpha value is -2.89. The first kappa shape index (κ1) is 15.0. The highest BCUT2D eigenvalue weighted by Gasteiger charge is 2.41. The Bertz CT molecular complexity index is 801. The van der Waals surface area contributed by atoms with Gasteiger partial charge in [0, 0.05) is 12.5 Å². The number of carbonyl (C=O) groups is 2. The lowest BCUT2D eigenvalue weighted by atomic mass is 9.40. The van der Waals surface area contributed by atoms with Crippen LogP contribution in [0.2, 0.25) is 0 Å². The van der Waals surface area contributed by atoms with Crippen LogP contribution in [0.3, 0.4) is 0 Å². The lowest BCUT2D eigenvalue weighted by molar-refractivity contribution is -0.140. The molecule has 1 aliphatic heterocycles. The van der Waals surface area contributed by atoms with Crippen LogP contribution < -0.4 is 15.7 Å². The van der Waals surface area contributed by atoms with Gasteiger partial charge in [0.1, 0.15) is 11.4 Å². The molecule has 0 radical (unpaired) electrons. The fourth-order valence-electron chi connectivity index (χ4n) is 2.72. The number of Topliss-reactive ketones (excluding diaryl/α,β-unsaturated/α-hetero) is 1. The summed E-state index contributed by atoms with van der Waals surface area (Å²) in [6.45, 7) is 0.866. The van der Waals surface area contributed by atoms with E-state index in [0.717, 1.165) is 10.9 Å². The number of ether oxygens (including phenoxy) is 1. The maximum atomic E-state index is 12.6. The van der Waals surface area contributed by atoms with E-state index in [9.17, 15) is 9.59 Å². The minimum atomic E-state index is -0.564. The number of methoxy groups -OCH3 is 1. The fraction of sp³-hybridized carbons (Fsp3) is 0.118. The van der Waals surface area contributed by atoms with Crippen LogP contribution in [0.1, 0.15) is 17.3 Å². The predicted octanol–water partition coefficient (Wildman–Crippen LogP) is 0.959. The molecule has 0 unspecified atom stereocenters. The van der Waals surface area contributed by atoms with E-state index in [1.807, 2.05) is 36.4 Å². The molecule has 0 amide bonds. The number of rotatable bonds is 3. The van der Waals surface area contributed by atoms with E-state index >= 15 is 0 Å².